The van der Waals surface area contributed by atoms with E-state index in [0.29, 0.717) is 19.6 Å². The number of fused-ring (bicyclic) bond motifs is 2. The Hall–Kier alpha value is -3.00. The van der Waals surface area contributed by atoms with Crippen LogP contribution in [0, 0.1) is 11.3 Å². The average molecular weight is 291 g/mol. The average Bonchev–Trinajstić information content (AvgIpc) is 2.94. The fraction of sp³-hybridized carbons (Fsp3) is 0.176. The Labute approximate surface area is 127 Å². The minimum absolute atomic E-state index is 0.301. The largest absolute Gasteiger partial charge is 0.486 e. The lowest BCUT2D eigenvalue weighted by Gasteiger charge is -2.18. The first kappa shape index (κ1) is 12.7. The van der Waals surface area contributed by atoms with Gasteiger partial charge in [0.1, 0.15) is 18.9 Å². The van der Waals surface area contributed by atoms with Crippen LogP contribution in [-0.4, -0.2) is 22.6 Å². The van der Waals surface area contributed by atoms with Crippen LogP contribution in [0.3, 0.4) is 0 Å². The molecule has 3 aromatic rings. The summed E-state index contributed by atoms with van der Waals surface area (Å²) in [6.07, 6.45) is 2.23. The van der Waals surface area contributed by atoms with Crippen LogP contribution >= 0.6 is 0 Å². The maximum Gasteiger partial charge on any atom is 0.162 e. The molecule has 0 unspecified atom stereocenters. The van der Waals surface area contributed by atoms with E-state index in [9.17, 15) is 0 Å². The van der Waals surface area contributed by atoms with Crippen LogP contribution in [0.4, 0.5) is 0 Å². The third-order valence-corrected chi connectivity index (χ3v) is 3.69. The van der Waals surface area contributed by atoms with Crippen LogP contribution in [0.5, 0.6) is 11.5 Å². The number of imidazole rings is 1. The van der Waals surface area contributed by atoms with E-state index in [1.54, 1.807) is 0 Å². The van der Waals surface area contributed by atoms with E-state index in [0.717, 1.165) is 34.1 Å². The number of aromatic nitrogens is 2. The van der Waals surface area contributed by atoms with E-state index >= 15 is 0 Å². The van der Waals surface area contributed by atoms with Crippen LogP contribution in [0.15, 0.2) is 42.6 Å². The molecule has 108 valence electrons. The minimum atomic E-state index is 0.301. The molecule has 0 spiro atoms. The lowest BCUT2D eigenvalue weighted by Crippen LogP contribution is -2.15. The van der Waals surface area contributed by atoms with Crippen LogP contribution in [0.2, 0.25) is 0 Å². The normalized spacial score (nSPS) is 13.0. The fourth-order valence-electron chi connectivity index (χ4n) is 2.71. The van der Waals surface area contributed by atoms with Crippen LogP contribution < -0.4 is 9.47 Å². The van der Waals surface area contributed by atoms with E-state index < -0.39 is 0 Å². The van der Waals surface area contributed by atoms with Crippen molar-refractivity contribution >= 4 is 5.65 Å². The molecule has 1 aromatic carbocycles. The summed E-state index contributed by atoms with van der Waals surface area (Å²) in [5, 5.41) is 9.13. The Morgan fingerprint density at radius 1 is 1.14 bits per heavy atom. The maximum absolute atomic E-state index is 9.13. The summed E-state index contributed by atoms with van der Waals surface area (Å²) in [7, 11) is 0. The summed E-state index contributed by atoms with van der Waals surface area (Å²) in [6.45, 7) is 1.12. The van der Waals surface area contributed by atoms with E-state index in [2.05, 4.69) is 11.1 Å². The first-order valence-electron chi connectivity index (χ1n) is 7.10. The molecule has 0 aliphatic carbocycles. The van der Waals surface area contributed by atoms with Gasteiger partial charge in [-0.25, -0.2) is 4.98 Å². The Bertz CT molecular complexity index is 893. The highest BCUT2D eigenvalue weighted by atomic mass is 16.6. The van der Waals surface area contributed by atoms with Gasteiger partial charge in [-0.2, -0.15) is 5.26 Å². The lowest BCUT2D eigenvalue weighted by atomic mass is 10.1. The molecule has 0 radical (unpaired) electrons. The van der Waals surface area contributed by atoms with Gasteiger partial charge in [-0.05, 0) is 30.3 Å². The van der Waals surface area contributed by atoms with Crippen molar-refractivity contribution in [3.8, 4) is 28.8 Å². The summed E-state index contributed by atoms with van der Waals surface area (Å²) < 4.78 is 13.1. The molecule has 1 aliphatic heterocycles. The summed E-state index contributed by atoms with van der Waals surface area (Å²) in [5.41, 5.74) is 3.45. The second-order valence-corrected chi connectivity index (χ2v) is 5.03. The second kappa shape index (κ2) is 5.08. The van der Waals surface area contributed by atoms with Crippen molar-refractivity contribution in [1.82, 2.24) is 9.38 Å². The van der Waals surface area contributed by atoms with Gasteiger partial charge < -0.3 is 13.9 Å². The van der Waals surface area contributed by atoms with E-state index in [1.165, 1.54) is 0 Å². The summed E-state index contributed by atoms with van der Waals surface area (Å²) >= 11 is 0. The molecule has 1 aliphatic rings. The summed E-state index contributed by atoms with van der Waals surface area (Å²) in [6, 6.07) is 13.8. The molecule has 3 heterocycles. The molecule has 0 bridgehead atoms. The number of nitriles is 1. The van der Waals surface area contributed by atoms with E-state index in [-0.39, 0.29) is 0 Å². The van der Waals surface area contributed by atoms with E-state index in [1.807, 2.05) is 47.0 Å². The number of hydrogen-bond donors (Lipinski definition) is 0. The van der Waals surface area contributed by atoms with Crippen molar-refractivity contribution in [1.29, 1.82) is 5.26 Å². The van der Waals surface area contributed by atoms with Crippen molar-refractivity contribution in [3.63, 3.8) is 0 Å². The van der Waals surface area contributed by atoms with Gasteiger partial charge in [-0.15, -0.1) is 0 Å². The quantitative estimate of drug-likeness (QED) is 0.728. The second-order valence-electron chi connectivity index (χ2n) is 5.03. The Morgan fingerprint density at radius 3 is 2.86 bits per heavy atom. The zero-order valence-corrected chi connectivity index (χ0v) is 11.8. The molecule has 0 atom stereocenters. The van der Waals surface area contributed by atoms with Gasteiger partial charge in [0.15, 0.2) is 11.5 Å². The molecule has 5 nitrogen and oxygen atoms in total. The molecule has 5 heteroatoms. The highest BCUT2D eigenvalue weighted by molar-refractivity contribution is 5.70. The standard InChI is InChI=1S/C17H13N3O2/c18-7-6-13-17(19-16-3-1-2-8-20(13)16)12-4-5-14-15(11-12)22-10-9-21-14/h1-5,8,11H,6,9-10H2. The first-order chi connectivity index (χ1) is 10.9. The number of rotatable bonds is 2. The fourth-order valence-corrected chi connectivity index (χ4v) is 2.71. The number of pyridine rings is 1. The van der Waals surface area contributed by atoms with Crippen molar-refractivity contribution < 1.29 is 9.47 Å². The van der Waals surface area contributed by atoms with Crippen LogP contribution in [-0.2, 0) is 6.42 Å². The third-order valence-electron chi connectivity index (χ3n) is 3.69. The van der Waals surface area contributed by atoms with Crippen LogP contribution in [0.25, 0.3) is 16.9 Å². The predicted molar refractivity (Wildman–Crippen MR) is 80.9 cm³/mol. The Kier molecular flexibility index (Phi) is 2.94. The molecule has 0 fully saturated rings. The summed E-state index contributed by atoms with van der Waals surface area (Å²) in [5.74, 6) is 1.48. The Balaban J connectivity index is 1.90. The molecular weight excluding hydrogens is 278 g/mol. The number of hydrogen-bond acceptors (Lipinski definition) is 4. The molecule has 2 aromatic heterocycles. The van der Waals surface area contributed by atoms with Crippen molar-refractivity contribution in [2.75, 3.05) is 13.2 Å². The summed E-state index contributed by atoms with van der Waals surface area (Å²) in [4.78, 5) is 4.67. The number of nitrogens with zero attached hydrogens (tertiary/aromatic N) is 3. The molecule has 4 rings (SSSR count). The predicted octanol–water partition coefficient (Wildman–Crippen LogP) is 2.84. The van der Waals surface area contributed by atoms with Crippen molar-refractivity contribution in [2.24, 2.45) is 0 Å². The van der Waals surface area contributed by atoms with Gasteiger partial charge >= 0.3 is 0 Å². The SMILES string of the molecule is N#CCc1c(-c2ccc3c(c2)OCCO3)nc2ccccn12. The smallest absolute Gasteiger partial charge is 0.162 e. The topological polar surface area (TPSA) is 59.5 Å². The van der Waals surface area contributed by atoms with Gasteiger partial charge in [0, 0.05) is 11.8 Å². The van der Waals surface area contributed by atoms with Crippen molar-refractivity contribution in [2.45, 2.75) is 6.42 Å². The van der Waals surface area contributed by atoms with Gasteiger partial charge in [0.05, 0.1) is 23.9 Å². The monoisotopic (exact) mass is 291 g/mol. The minimum Gasteiger partial charge on any atom is -0.486 e. The van der Waals surface area contributed by atoms with Gasteiger partial charge in [-0.3, -0.25) is 0 Å². The van der Waals surface area contributed by atoms with Gasteiger partial charge in [0.2, 0.25) is 0 Å². The number of ether oxygens (including phenoxy) is 2. The first-order valence-corrected chi connectivity index (χ1v) is 7.10. The lowest BCUT2D eigenvalue weighted by molar-refractivity contribution is 0.171. The molecule has 22 heavy (non-hydrogen) atoms. The highest BCUT2D eigenvalue weighted by Gasteiger charge is 2.17. The van der Waals surface area contributed by atoms with Gasteiger partial charge in [-0.1, -0.05) is 6.07 Å². The van der Waals surface area contributed by atoms with Crippen LogP contribution in [0.1, 0.15) is 5.69 Å². The highest BCUT2D eigenvalue weighted by Crippen LogP contribution is 2.35. The Morgan fingerprint density at radius 2 is 2.00 bits per heavy atom. The zero-order valence-electron chi connectivity index (χ0n) is 11.8. The van der Waals surface area contributed by atoms with Crippen molar-refractivity contribution in [3.05, 3.63) is 48.3 Å². The molecule has 0 saturated heterocycles. The zero-order chi connectivity index (χ0) is 14.9. The molecule has 0 saturated carbocycles. The molecule has 0 N–H and O–H groups in total. The molecular formula is C17H13N3O2. The number of benzene rings is 1. The molecule has 0 amide bonds. The van der Waals surface area contributed by atoms with E-state index in [4.69, 9.17) is 14.7 Å². The third kappa shape index (κ3) is 1.97. The van der Waals surface area contributed by atoms with Gasteiger partial charge in [0.25, 0.3) is 0 Å². The maximum atomic E-state index is 9.13.